The van der Waals surface area contributed by atoms with Crippen molar-refractivity contribution < 1.29 is 4.74 Å². The highest BCUT2D eigenvalue weighted by Gasteiger charge is 2.40. The minimum atomic E-state index is -0.265. The van der Waals surface area contributed by atoms with Crippen LogP contribution in [0, 0.1) is 0 Å². The predicted octanol–water partition coefficient (Wildman–Crippen LogP) is 2.34. The van der Waals surface area contributed by atoms with Crippen LogP contribution in [-0.4, -0.2) is 28.0 Å². The number of nitrogens with one attached hydrogen (secondary N) is 1. The summed E-state index contributed by atoms with van der Waals surface area (Å²) in [5.41, 5.74) is 0.421. The summed E-state index contributed by atoms with van der Waals surface area (Å²) in [5.74, 6) is 0. The summed E-state index contributed by atoms with van der Waals surface area (Å²) in [4.78, 5) is 11.8. The van der Waals surface area contributed by atoms with Gasteiger partial charge in [0.25, 0.3) is 5.56 Å². The molecule has 1 aliphatic heterocycles. The van der Waals surface area contributed by atoms with E-state index in [9.17, 15) is 4.79 Å². The van der Waals surface area contributed by atoms with Crippen molar-refractivity contribution in [3.8, 4) is 0 Å². The Balaban J connectivity index is 1.74. The smallest absolute Gasteiger partial charge is 0.287 e. The highest BCUT2D eigenvalue weighted by Crippen LogP contribution is 2.40. The molecule has 3 rings (SSSR count). The fourth-order valence-corrected chi connectivity index (χ4v) is 3.58. The number of rotatable bonds is 2. The Morgan fingerprint density at radius 3 is 3.00 bits per heavy atom. The van der Waals surface area contributed by atoms with Crippen molar-refractivity contribution in [1.82, 2.24) is 9.78 Å². The van der Waals surface area contributed by atoms with Crippen molar-refractivity contribution in [2.24, 2.45) is 7.05 Å². The molecular weight excluding hydrogens is 278 g/mol. The van der Waals surface area contributed by atoms with E-state index in [4.69, 9.17) is 16.3 Å². The number of nitrogens with zero attached hydrogens (tertiary/aromatic N) is 2. The Morgan fingerprint density at radius 1 is 1.50 bits per heavy atom. The van der Waals surface area contributed by atoms with Gasteiger partial charge in [0.2, 0.25) is 0 Å². The maximum Gasteiger partial charge on any atom is 0.287 e. The van der Waals surface area contributed by atoms with Gasteiger partial charge in [-0.25, -0.2) is 4.68 Å². The summed E-state index contributed by atoms with van der Waals surface area (Å²) in [7, 11) is 1.60. The van der Waals surface area contributed by atoms with Gasteiger partial charge in [0.05, 0.1) is 17.5 Å². The van der Waals surface area contributed by atoms with Crippen LogP contribution in [0.4, 0.5) is 5.69 Å². The standard InChI is InChI=1S/C14H20ClN3O2/c1-18-13(19)12(15)11(9-16-18)17-10-4-7-20-14(8-10)5-2-3-6-14/h9-10,17H,2-8H2,1H3. The molecule has 0 amide bonds. The molecule has 1 unspecified atom stereocenters. The van der Waals surface area contributed by atoms with Crippen molar-refractivity contribution in [3.63, 3.8) is 0 Å². The summed E-state index contributed by atoms with van der Waals surface area (Å²) in [6, 6.07) is 0.299. The molecule has 1 aliphatic carbocycles. The first-order valence-corrected chi connectivity index (χ1v) is 7.60. The highest BCUT2D eigenvalue weighted by atomic mass is 35.5. The number of aromatic nitrogens is 2. The van der Waals surface area contributed by atoms with Crippen LogP contribution in [0.25, 0.3) is 0 Å². The number of ether oxygens (including phenoxy) is 1. The van der Waals surface area contributed by atoms with Crippen LogP contribution in [0.2, 0.25) is 5.02 Å². The van der Waals surface area contributed by atoms with Crippen LogP contribution in [-0.2, 0) is 11.8 Å². The minimum absolute atomic E-state index is 0.0512. The SMILES string of the molecule is Cn1ncc(NC2CCOC3(CCCC3)C2)c(Cl)c1=O. The Bertz CT molecular complexity index is 552. The van der Waals surface area contributed by atoms with Gasteiger partial charge in [0, 0.05) is 19.7 Å². The molecule has 1 aromatic heterocycles. The van der Waals surface area contributed by atoms with E-state index in [0.29, 0.717) is 11.7 Å². The van der Waals surface area contributed by atoms with Crippen molar-refractivity contribution in [2.75, 3.05) is 11.9 Å². The van der Waals surface area contributed by atoms with E-state index in [-0.39, 0.29) is 16.2 Å². The van der Waals surface area contributed by atoms with Crippen molar-refractivity contribution in [1.29, 1.82) is 0 Å². The molecule has 2 fully saturated rings. The molecule has 0 aromatic carbocycles. The molecule has 1 saturated carbocycles. The molecule has 5 nitrogen and oxygen atoms in total. The summed E-state index contributed by atoms with van der Waals surface area (Å²) < 4.78 is 7.26. The first-order chi connectivity index (χ1) is 9.60. The van der Waals surface area contributed by atoms with Gasteiger partial charge in [-0.3, -0.25) is 4.79 Å². The zero-order chi connectivity index (χ0) is 14.2. The normalized spacial score (nSPS) is 25.0. The lowest BCUT2D eigenvalue weighted by Gasteiger charge is -2.38. The summed E-state index contributed by atoms with van der Waals surface area (Å²) in [5, 5.41) is 7.62. The van der Waals surface area contributed by atoms with Crippen molar-refractivity contribution in [3.05, 3.63) is 21.6 Å². The first kappa shape index (κ1) is 13.9. The van der Waals surface area contributed by atoms with Gasteiger partial charge in [-0.05, 0) is 25.7 Å². The molecule has 0 radical (unpaired) electrons. The van der Waals surface area contributed by atoms with Gasteiger partial charge in [-0.2, -0.15) is 5.10 Å². The van der Waals surface area contributed by atoms with E-state index in [1.807, 2.05) is 0 Å². The average Bonchev–Trinajstić information content (AvgIpc) is 2.88. The number of halogens is 1. The van der Waals surface area contributed by atoms with Gasteiger partial charge in [0.15, 0.2) is 0 Å². The quantitative estimate of drug-likeness (QED) is 0.910. The maximum absolute atomic E-state index is 11.8. The van der Waals surface area contributed by atoms with Gasteiger partial charge in [-0.1, -0.05) is 24.4 Å². The lowest BCUT2D eigenvalue weighted by Crippen LogP contribution is -2.42. The summed E-state index contributed by atoms with van der Waals surface area (Å²) in [6.07, 6.45) is 8.34. The third-order valence-corrected chi connectivity index (χ3v) is 4.81. The molecule has 1 spiro atoms. The first-order valence-electron chi connectivity index (χ1n) is 7.22. The largest absolute Gasteiger partial charge is 0.379 e. The lowest BCUT2D eigenvalue weighted by molar-refractivity contribution is -0.0767. The molecule has 0 bridgehead atoms. The molecule has 2 heterocycles. The highest BCUT2D eigenvalue weighted by molar-refractivity contribution is 6.32. The molecule has 110 valence electrons. The zero-order valence-corrected chi connectivity index (χ0v) is 12.4. The molecule has 1 N–H and O–H groups in total. The van der Waals surface area contributed by atoms with Crippen molar-refractivity contribution >= 4 is 17.3 Å². The Kier molecular flexibility index (Phi) is 3.73. The topological polar surface area (TPSA) is 56.1 Å². The van der Waals surface area contributed by atoms with Gasteiger partial charge in [0.1, 0.15) is 5.02 Å². The predicted molar refractivity (Wildman–Crippen MR) is 78.3 cm³/mol. The molecular formula is C14H20ClN3O2. The molecule has 1 aromatic rings. The number of anilines is 1. The van der Waals surface area contributed by atoms with E-state index in [1.54, 1.807) is 13.2 Å². The second-order valence-corrected chi connectivity index (χ2v) is 6.25. The maximum atomic E-state index is 11.8. The van der Waals surface area contributed by atoms with E-state index in [1.165, 1.54) is 17.5 Å². The zero-order valence-electron chi connectivity index (χ0n) is 11.7. The molecule has 2 aliphatic rings. The second kappa shape index (κ2) is 5.37. The van der Waals surface area contributed by atoms with Crippen LogP contribution < -0.4 is 10.9 Å². The lowest BCUT2D eigenvalue weighted by atomic mass is 9.89. The minimum Gasteiger partial charge on any atom is -0.379 e. The van der Waals surface area contributed by atoms with Crippen LogP contribution in [0.15, 0.2) is 11.0 Å². The summed E-state index contributed by atoms with van der Waals surface area (Å²) >= 11 is 6.10. The van der Waals surface area contributed by atoms with Gasteiger partial charge in [-0.15, -0.1) is 0 Å². The van der Waals surface area contributed by atoms with Crippen LogP contribution >= 0.6 is 11.6 Å². The molecule has 1 saturated heterocycles. The van der Waals surface area contributed by atoms with Gasteiger partial charge >= 0.3 is 0 Å². The van der Waals surface area contributed by atoms with E-state index < -0.39 is 0 Å². The van der Waals surface area contributed by atoms with E-state index in [2.05, 4.69) is 10.4 Å². The average molecular weight is 298 g/mol. The third kappa shape index (κ3) is 2.56. The summed E-state index contributed by atoms with van der Waals surface area (Å²) in [6.45, 7) is 0.771. The molecule has 1 atom stereocenters. The van der Waals surface area contributed by atoms with Crippen LogP contribution in [0.5, 0.6) is 0 Å². The number of hydrogen-bond donors (Lipinski definition) is 1. The fourth-order valence-electron chi connectivity index (χ4n) is 3.35. The Hall–Kier alpha value is -1.07. The monoisotopic (exact) mass is 297 g/mol. The Labute approximate surface area is 123 Å². The fraction of sp³-hybridized carbons (Fsp3) is 0.714. The van der Waals surface area contributed by atoms with Gasteiger partial charge < -0.3 is 10.1 Å². The number of hydrogen-bond acceptors (Lipinski definition) is 4. The van der Waals surface area contributed by atoms with E-state index >= 15 is 0 Å². The Morgan fingerprint density at radius 2 is 2.25 bits per heavy atom. The number of aryl methyl sites for hydroxylation is 1. The van der Waals surface area contributed by atoms with Crippen LogP contribution in [0.1, 0.15) is 38.5 Å². The van der Waals surface area contributed by atoms with Crippen molar-refractivity contribution in [2.45, 2.75) is 50.2 Å². The van der Waals surface area contributed by atoms with E-state index in [0.717, 1.165) is 32.3 Å². The molecule has 6 heteroatoms. The second-order valence-electron chi connectivity index (χ2n) is 5.87. The van der Waals surface area contributed by atoms with Crippen LogP contribution in [0.3, 0.4) is 0 Å². The third-order valence-electron chi connectivity index (χ3n) is 4.45. The molecule has 20 heavy (non-hydrogen) atoms.